The van der Waals surface area contributed by atoms with Gasteiger partial charge in [-0.2, -0.15) is 0 Å². The zero-order chi connectivity index (χ0) is 11.9. The quantitative estimate of drug-likeness (QED) is 0.849. The third kappa shape index (κ3) is 1.97. The lowest BCUT2D eigenvalue weighted by atomic mass is 10.00. The summed E-state index contributed by atoms with van der Waals surface area (Å²) in [6, 6.07) is 16.3. The van der Waals surface area contributed by atoms with Gasteiger partial charge in [0.25, 0.3) is 0 Å². The van der Waals surface area contributed by atoms with Crippen LogP contribution < -0.4 is 5.73 Å². The summed E-state index contributed by atoms with van der Waals surface area (Å²) in [6.07, 6.45) is 2.19. The first-order chi connectivity index (χ1) is 8.19. The predicted molar refractivity (Wildman–Crippen MR) is 72.0 cm³/mol. The molecule has 17 heavy (non-hydrogen) atoms. The summed E-state index contributed by atoms with van der Waals surface area (Å²) in [5.41, 5.74) is 9.55. The number of rotatable bonds is 2. The van der Waals surface area contributed by atoms with E-state index in [0.717, 1.165) is 29.0 Å². The summed E-state index contributed by atoms with van der Waals surface area (Å²) in [6.45, 7) is 0. The molecule has 2 N–H and O–H groups in total. The van der Waals surface area contributed by atoms with Gasteiger partial charge in [-0.05, 0) is 30.0 Å². The maximum atomic E-state index is 6.18. The van der Waals surface area contributed by atoms with Crippen molar-refractivity contribution in [3.8, 4) is 11.1 Å². The number of hydrogen-bond donors (Lipinski definition) is 1. The van der Waals surface area contributed by atoms with Gasteiger partial charge in [-0.3, -0.25) is 0 Å². The van der Waals surface area contributed by atoms with Gasteiger partial charge < -0.3 is 5.73 Å². The van der Waals surface area contributed by atoms with Gasteiger partial charge in [-0.25, -0.2) is 0 Å². The molecule has 0 bridgehead atoms. The van der Waals surface area contributed by atoms with Gasteiger partial charge in [0.1, 0.15) is 0 Å². The lowest BCUT2D eigenvalue weighted by molar-refractivity contribution is 0.740. The first-order valence-corrected chi connectivity index (χ1v) is 6.21. The van der Waals surface area contributed by atoms with Crippen LogP contribution in [0.5, 0.6) is 0 Å². The molecule has 2 aromatic rings. The Balaban J connectivity index is 1.98. The van der Waals surface area contributed by atoms with E-state index >= 15 is 0 Å². The maximum absolute atomic E-state index is 6.18. The zero-order valence-electron chi connectivity index (χ0n) is 9.49. The average molecular weight is 244 g/mol. The van der Waals surface area contributed by atoms with E-state index in [1.807, 2.05) is 24.3 Å². The summed E-state index contributed by atoms with van der Waals surface area (Å²) >= 11 is 6.18. The highest BCUT2D eigenvalue weighted by molar-refractivity contribution is 6.33. The van der Waals surface area contributed by atoms with Crippen LogP contribution in [-0.4, -0.2) is 0 Å². The molecule has 0 atom stereocenters. The van der Waals surface area contributed by atoms with Gasteiger partial charge in [-0.15, -0.1) is 0 Å². The van der Waals surface area contributed by atoms with E-state index in [-0.39, 0.29) is 5.54 Å². The normalized spacial score (nSPS) is 16.8. The van der Waals surface area contributed by atoms with Crippen LogP contribution in [0.4, 0.5) is 0 Å². The van der Waals surface area contributed by atoms with Crippen molar-refractivity contribution in [3.63, 3.8) is 0 Å². The second-order valence-corrected chi connectivity index (χ2v) is 5.12. The molecule has 0 aliphatic heterocycles. The molecule has 0 radical (unpaired) electrons. The molecule has 2 aromatic carbocycles. The Bertz CT molecular complexity index is 541. The molecule has 2 heteroatoms. The standard InChI is InChI=1S/C15H14ClN/c16-14-4-2-1-3-13(14)11-5-7-12(8-6-11)15(17)9-10-15/h1-8H,9-10,17H2. The molecular formula is C15H14ClN. The van der Waals surface area contributed by atoms with Crippen molar-refractivity contribution >= 4 is 11.6 Å². The average Bonchev–Trinajstić information content (AvgIpc) is 3.10. The fourth-order valence-corrected chi connectivity index (χ4v) is 2.35. The molecule has 1 aliphatic carbocycles. The second-order valence-electron chi connectivity index (χ2n) is 4.71. The Morgan fingerprint density at radius 3 is 2.18 bits per heavy atom. The second kappa shape index (κ2) is 3.86. The summed E-state index contributed by atoms with van der Waals surface area (Å²) in [4.78, 5) is 0. The van der Waals surface area contributed by atoms with Crippen molar-refractivity contribution in [2.75, 3.05) is 0 Å². The Labute approximate surface area is 106 Å². The van der Waals surface area contributed by atoms with Crippen molar-refractivity contribution in [1.82, 2.24) is 0 Å². The SMILES string of the molecule is NC1(c2ccc(-c3ccccc3Cl)cc2)CC1. The van der Waals surface area contributed by atoms with Gasteiger partial charge in [0, 0.05) is 16.1 Å². The Kier molecular flexibility index (Phi) is 2.46. The van der Waals surface area contributed by atoms with E-state index in [0.29, 0.717) is 0 Å². The fraction of sp³-hybridized carbons (Fsp3) is 0.200. The van der Waals surface area contributed by atoms with E-state index in [9.17, 15) is 0 Å². The molecule has 1 nitrogen and oxygen atoms in total. The largest absolute Gasteiger partial charge is 0.321 e. The highest BCUT2D eigenvalue weighted by Crippen LogP contribution is 2.43. The number of halogens is 1. The van der Waals surface area contributed by atoms with Crippen LogP contribution in [-0.2, 0) is 5.54 Å². The van der Waals surface area contributed by atoms with Crippen LogP contribution in [0, 0.1) is 0 Å². The monoisotopic (exact) mass is 243 g/mol. The molecule has 0 heterocycles. The third-order valence-corrected chi connectivity index (χ3v) is 3.76. The molecule has 86 valence electrons. The van der Waals surface area contributed by atoms with Crippen LogP contribution in [0.15, 0.2) is 48.5 Å². The summed E-state index contributed by atoms with van der Waals surface area (Å²) < 4.78 is 0. The zero-order valence-corrected chi connectivity index (χ0v) is 10.2. The fourth-order valence-electron chi connectivity index (χ4n) is 2.10. The lowest BCUT2D eigenvalue weighted by Crippen LogP contribution is -2.18. The van der Waals surface area contributed by atoms with Crippen molar-refractivity contribution in [2.24, 2.45) is 5.73 Å². The van der Waals surface area contributed by atoms with Crippen molar-refractivity contribution < 1.29 is 0 Å². The van der Waals surface area contributed by atoms with Crippen molar-refractivity contribution in [3.05, 3.63) is 59.1 Å². The Morgan fingerprint density at radius 1 is 0.941 bits per heavy atom. The summed E-state index contributed by atoms with van der Waals surface area (Å²) in [5, 5.41) is 0.786. The number of benzene rings is 2. The highest BCUT2D eigenvalue weighted by Gasteiger charge is 2.39. The van der Waals surface area contributed by atoms with E-state index in [4.69, 9.17) is 17.3 Å². The third-order valence-electron chi connectivity index (χ3n) is 3.43. The molecule has 3 rings (SSSR count). The number of nitrogens with two attached hydrogens (primary N) is 1. The van der Waals surface area contributed by atoms with Gasteiger partial charge in [0.05, 0.1) is 0 Å². The van der Waals surface area contributed by atoms with Gasteiger partial charge >= 0.3 is 0 Å². The van der Waals surface area contributed by atoms with Crippen LogP contribution in [0.25, 0.3) is 11.1 Å². The maximum Gasteiger partial charge on any atom is 0.0484 e. The summed E-state index contributed by atoms with van der Waals surface area (Å²) in [7, 11) is 0. The molecular weight excluding hydrogens is 230 g/mol. The first kappa shape index (κ1) is 10.8. The topological polar surface area (TPSA) is 26.0 Å². The molecule has 0 amide bonds. The minimum absolute atomic E-state index is 0.0565. The van der Waals surface area contributed by atoms with Crippen LogP contribution in [0.2, 0.25) is 5.02 Å². The Morgan fingerprint density at radius 2 is 1.59 bits per heavy atom. The van der Waals surface area contributed by atoms with Gasteiger partial charge in [0.2, 0.25) is 0 Å². The van der Waals surface area contributed by atoms with Crippen LogP contribution >= 0.6 is 11.6 Å². The van der Waals surface area contributed by atoms with Gasteiger partial charge in [0.15, 0.2) is 0 Å². The van der Waals surface area contributed by atoms with E-state index in [2.05, 4.69) is 24.3 Å². The minimum Gasteiger partial charge on any atom is -0.321 e. The van der Waals surface area contributed by atoms with Crippen molar-refractivity contribution in [1.29, 1.82) is 0 Å². The molecule has 0 spiro atoms. The molecule has 1 aliphatic rings. The Hall–Kier alpha value is -1.31. The highest BCUT2D eigenvalue weighted by atomic mass is 35.5. The molecule has 0 aromatic heterocycles. The summed E-state index contributed by atoms with van der Waals surface area (Å²) in [5.74, 6) is 0. The van der Waals surface area contributed by atoms with E-state index in [1.54, 1.807) is 0 Å². The molecule has 1 fully saturated rings. The lowest BCUT2D eigenvalue weighted by Gasteiger charge is -2.10. The molecule has 1 saturated carbocycles. The van der Waals surface area contributed by atoms with Crippen LogP contribution in [0.1, 0.15) is 18.4 Å². The van der Waals surface area contributed by atoms with Gasteiger partial charge in [-0.1, -0.05) is 54.1 Å². The first-order valence-electron chi connectivity index (χ1n) is 5.83. The van der Waals surface area contributed by atoms with Crippen LogP contribution in [0.3, 0.4) is 0 Å². The minimum atomic E-state index is -0.0565. The van der Waals surface area contributed by atoms with E-state index in [1.165, 1.54) is 5.56 Å². The van der Waals surface area contributed by atoms with E-state index < -0.39 is 0 Å². The predicted octanol–water partition coefficient (Wildman–Crippen LogP) is 3.95. The smallest absolute Gasteiger partial charge is 0.0484 e. The van der Waals surface area contributed by atoms with Crippen molar-refractivity contribution in [2.45, 2.75) is 18.4 Å². The number of hydrogen-bond acceptors (Lipinski definition) is 1. The molecule has 0 saturated heterocycles. The molecule has 0 unspecified atom stereocenters.